The predicted octanol–water partition coefficient (Wildman–Crippen LogP) is 3.11. The third-order valence-electron chi connectivity index (χ3n) is 3.85. The zero-order chi connectivity index (χ0) is 17.4. The number of carbonyl (C=O) groups excluding carboxylic acids is 1. The van der Waals surface area contributed by atoms with Gasteiger partial charge in [-0.1, -0.05) is 29.8 Å². The van der Waals surface area contributed by atoms with Gasteiger partial charge in [-0.25, -0.2) is 4.79 Å². The van der Waals surface area contributed by atoms with E-state index in [4.69, 9.17) is 25.5 Å². The summed E-state index contributed by atoms with van der Waals surface area (Å²) in [4.78, 5) is 24.4. The molecule has 1 N–H and O–H groups in total. The molecule has 1 aromatic heterocycles. The number of carbonyl (C=O) groups is 1. The Balaban J connectivity index is 1.56. The average Bonchev–Trinajstić information content (AvgIpc) is 3.08. The van der Waals surface area contributed by atoms with E-state index in [2.05, 4.69) is 5.32 Å². The maximum absolute atomic E-state index is 12.3. The molecule has 0 aliphatic carbocycles. The third-order valence-corrected chi connectivity index (χ3v) is 4.14. The summed E-state index contributed by atoms with van der Waals surface area (Å²) in [6.45, 7) is 0.425. The summed E-state index contributed by atoms with van der Waals surface area (Å²) in [6, 6.07) is 11.9. The van der Waals surface area contributed by atoms with Gasteiger partial charge < -0.3 is 19.2 Å². The van der Waals surface area contributed by atoms with Crippen molar-refractivity contribution in [2.45, 2.75) is 6.54 Å². The highest BCUT2D eigenvalue weighted by molar-refractivity contribution is 6.34. The fourth-order valence-corrected chi connectivity index (χ4v) is 2.82. The summed E-state index contributed by atoms with van der Waals surface area (Å²) in [5.41, 5.74) is 0.284. The van der Waals surface area contributed by atoms with E-state index in [1.54, 1.807) is 30.3 Å². The molecule has 2 aromatic carbocycles. The Kier molecular flexibility index (Phi) is 3.82. The fraction of sp³-hybridized carbons (Fsp3) is 0.111. The highest BCUT2D eigenvalue weighted by Gasteiger charge is 2.16. The Morgan fingerprint density at radius 3 is 2.84 bits per heavy atom. The molecule has 0 fully saturated rings. The van der Waals surface area contributed by atoms with Crippen LogP contribution in [0.4, 0.5) is 0 Å². The van der Waals surface area contributed by atoms with Crippen molar-refractivity contribution in [3.8, 4) is 11.5 Å². The minimum absolute atomic E-state index is 0.0736. The molecule has 6 nitrogen and oxygen atoms in total. The quantitative estimate of drug-likeness (QED) is 0.729. The number of amides is 1. The van der Waals surface area contributed by atoms with E-state index in [9.17, 15) is 9.59 Å². The van der Waals surface area contributed by atoms with E-state index in [1.807, 2.05) is 6.07 Å². The van der Waals surface area contributed by atoms with Crippen LogP contribution in [0.15, 0.2) is 51.7 Å². The lowest BCUT2D eigenvalue weighted by Gasteiger charge is -2.07. The Hall–Kier alpha value is -2.99. The first-order chi connectivity index (χ1) is 12.1. The molecular weight excluding hydrogens is 346 g/mol. The Labute approximate surface area is 146 Å². The molecule has 2 heterocycles. The summed E-state index contributed by atoms with van der Waals surface area (Å²) >= 11 is 5.99. The van der Waals surface area contributed by atoms with Crippen LogP contribution in [-0.4, -0.2) is 12.7 Å². The van der Waals surface area contributed by atoms with Gasteiger partial charge in [-0.05, 0) is 29.8 Å². The van der Waals surface area contributed by atoms with Crippen LogP contribution in [0, 0.1) is 0 Å². The molecule has 0 atom stereocenters. The summed E-state index contributed by atoms with van der Waals surface area (Å²) in [5, 5.41) is 3.60. The second-order valence-electron chi connectivity index (χ2n) is 5.48. The number of rotatable bonds is 3. The van der Waals surface area contributed by atoms with E-state index in [0.29, 0.717) is 21.9 Å². The van der Waals surface area contributed by atoms with Crippen LogP contribution in [0.1, 0.15) is 15.9 Å². The molecule has 0 saturated carbocycles. The minimum Gasteiger partial charge on any atom is -0.454 e. The molecule has 0 saturated heterocycles. The van der Waals surface area contributed by atoms with E-state index in [1.165, 1.54) is 6.07 Å². The first-order valence-corrected chi connectivity index (χ1v) is 7.89. The van der Waals surface area contributed by atoms with Crippen LogP contribution >= 0.6 is 11.6 Å². The molecule has 3 aromatic rings. The van der Waals surface area contributed by atoms with Crippen LogP contribution in [0.25, 0.3) is 11.0 Å². The van der Waals surface area contributed by atoms with Gasteiger partial charge in [0.1, 0.15) is 5.56 Å². The monoisotopic (exact) mass is 357 g/mol. The number of hydrogen-bond acceptors (Lipinski definition) is 5. The largest absolute Gasteiger partial charge is 0.454 e. The van der Waals surface area contributed by atoms with Crippen molar-refractivity contribution in [2.24, 2.45) is 0 Å². The first kappa shape index (κ1) is 15.5. The highest BCUT2D eigenvalue weighted by atomic mass is 35.5. The number of halogens is 1. The van der Waals surface area contributed by atoms with Gasteiger partial charge in [0.25, 0.3) is 5.91 Å². The number of para-hydroxylation sites is 1. The van der Waals surface area contributed by atoms with Crippen molar-refractivity contribution in [1.82, 2.24) is 5.32 Å². The third kappa shape index (κ3) is 2.92. The molecule has 0 spiro atoms. The first-order valence-electron chi connectivity index (χ1n) is 7.51. The van der Waals surface area contributed by atoms with E-state index >= 15 is 0 Å². The van der Waals surface area contributed by atoms with E-state index in [0.717, 1.165) is 5.56 Å². The lowest BCUT2D eigenvalue weighted by atomic mass is 10.1. The Morgan fingerprint density at radius 1 is 1.12 bits per heavy atom. The molecule has 4 rings (SSSR count). The standard InChI is InChI=1S/C18H12ClNO5/c19-13-3-1-2-11-7-12(18(22)25-16(11)13)17(21)20-8-10-4-5-14-15(6-10)24-9-23-14/h1-7H,8-9H2,(H,20,21). The van der Waals surface area contributed by atoms with Crippen LogP contribution in [-0.2, 0) is 6.54 Å². The molecular formula is C18H12ClNO5. The predicted molar refractivity (Wildman–Crippen MR) is 91.2 cm³/mol. The van der Waals surface area contributed by atoms with Gasteiger partial charge in [0.15, 0.2) is 17.1 Å². The molecule has 1 amide bonds. The number of fused-ring (bicyclic) bond motifs is 2. The van der Waals surface area contributed by atoms with Gasteiger partial charge in [-0.2, -0.15) is 0 Å². The molecule has 25 heavy (non-hydrogen) atoms. The van der Waals surface area contributed by atoms with Crippen molar-refractivity contribution in [1.29, 1.82) is 0 Å². The van der Waals surface area contributed by atoms with Crippen molar-refractivity contribution in [2.75, 3.05) is 6.79 Å². The number of nitrogens with one attached hydrogen (secondary N) is 1. The topological polar surface area (TPSA) is 77.8 Å². The zero-order valence-corrected chi connectivity index (χ0v) is 13.6. The van der Waals surface area contributed by atoms with Crippen LogP contribution in [0.2, 0.25) is 5.02 Å². The summed E-state index contributed by atoms with van der Waals surface area (Å²) in [6.07, 6.45) is 0. The molecule has 0 radical (unpaired) electrons. The Bertz CT molecular complexity index is 1040. The van der Waals surface area contributed by atoms with E-state index in [-0.39, 0.29) is 24.5 Å². The van der Waals surface area contributed by atoms with Gasteiger partial charge in [0, 0.05) is 11.9 Å². The van der Waals surface area contributed by atoms with Crippen molar-refractivity contribution in [3.63, 3.8) is 0 Å². The van der Waals surface area contributed by atoms with Gasteiger partial charge in [0.05, 0.1) is 5.02 Å². The maximum atomic E-state index is 12.3. The molecule has 1 aliphatic heterocycles. The van der Waals surface area contributed by atoms with Crippen molar-refractivity contribution < 1.29 is 18.7 Å². The van der Waals surface area contributed by atoms with E-state index < -0.39 is 11.5 Å². The van der Waals surface area contributed by atoms with Crippen molar-refractivity contribution in [3.05, 3.63) is 69.0 Å². The second kappa shape index (κ2) is 6.14. The summed E-state index contributed by atoms with van der Waals surface area (Å²) < 4.78 is 15.7. The number of hydrogen-bond donors (Lipinski definition) is 1. The summed E-state index contributed by atoms with van der Waals surface area (Å²) in [5.74, 6) is 0.780. The Morgan fingerprint density at radius 2 is 1.96 bits per heavy atom. The number of benzene rings is 2. The van der Waals surface area contributed by atoms with Crippen LogP contribution in [0.5, 0.6) is 11.5 Å². The molecule has 0 bridgehead atoms. The molecule has 0 unspecified atom stereocenters. The highest BCUT2D eigenvalue weighted by Crippen LogP contribution is 2.32. The zero-order valence-electron chi connectivity index (χ0n) is 12.9. The van der Waals surface area contributed by atoms with Gasteiger partial charge in [0.2, 0.25) is 6.79 Å². The number of ether oxygens (including phenoxy) is 2. The average molecular weight is 358 g/mol. The maximum Gasteiger partial charge on any atom is 0.349 e. The minimum atomic E-state index is -0.733. The van der Waals surface area contributed by atoms with Crippen LogP contribution in [0.3, 0.4) is 0 Å². The van der Waals surface area contributed by atoms with Gasteiger partial charge in [-0.15, -0.1) is 0 Å². The van der Waals surface area contributed by atoms with Gasteiger partial charge in [-0.3, -0.25) is 4.79 Å². The van der Waals surface area contributed by atoms with Crippen LogP contribution < -0.4 is 20.4 Å². The smallest absolute Gasteiger partial charge is 0.349 e. The normalized spacial score (nSPS) is 12.4. The fourth-order valence-electron chi connectivity index (χ4n) is 2.60. The van der Waals surface area contributed by atoms with Gasteiger partial charge >= 0.3 is 5.63 Å². The lowest BCUT2D eigenvalue weighted by Crippen LogP contribution is -2.27. The lowest BCUT2D eigenvalue weighted by molar-refractivity contribution is 0.0947. The molecule has 126 valence electrons. The van der Waals surface area contributed by atoms with Crippen molar-refractivity contribution >= 4 is 28.5 Å². The SMILES string of the molecule is O=C(NCc1ccc2c(c1)OCO2)c1cc2cccc(Cl)c2oc1=O. The second-order valence-corrected chi connectivity index (χ2v) is 5.88. The summed E-state index contributed by atoms with van der Waals surface area (Å²) in [7, 11) is 0. The molecule has 7 heteroatoms. The molecule has 1 aliphatic rings.